The number of para-hydroxylation sites is 1. The summed E-state index contributed by atoms with van der Waals surface area (Å²) < 4.78 is 10.7. The lowest BCUT2D eigenvalue weighted by atomic mass is 10.1. The van der Waals surface area contributed by atoms with E-state index >= 15 is 0 Å². The van der Waals surface area contributed by atoms with E-state index in [9.17, 15) is 4.79 Å². The van der Waals surface area contributed by atoms with Gasteiger partial charge < -0.3 is 9.15 Å². The molecule has 0 saturated heterocycles. The van der Waals surface area contributed by atoms with Crippen LogP contribution in [0.15, 0.2) is 40.8 Å². The van der Waals surface area contributed by atoms with Crippen LogP contribution in [0.25, 0.3) is 0 Å². The first-order valence-electron chi connectivity index (χ1n) is 5.42. The van der Waals surface area contributed by atoms with Crippen LogP contribution in [0.1, 0.15) is 28.8 Å². The van der Waals surface area contributed by atoms with Gasteiger partial charge in [0.15, 0.2) is 11.5 Å². The number of hydrogen-bond acceptors (Lipinski definition) is 3. The molecule has 3 heteroatoms. The number of Topliss-reactive ketones (excluding diaryl/α,β-unsaturated/α-hetero) is 1. The zero-order chi connectivity index (χ0) is 12.3. The molecule has 0 bridgehead atoms. The first kappa shape index (κ1) is 11.5. The minimum Gasteiger partial charge on any atom is -0.496 e. The lowest BCUT2D eigenvalue weighted by Crippen LogP contribution is -1.92. The van der Waals surface area contributed by atoms with Crippen molar-refractivity contribution >= 4 is 5.78 Å². The summed E-state index contributed by atoms with van der Waals surface area (Å²) >= 11 is 0. The minimum absolute atomic E-state index is 0.0590. The first-order valence-corrected chi connectivity index (χ1v) is 5.42. The second kappa shape index (κ2) is 4.87. The number of ketones is 1. The molecule has 0 spiro atoms. The summed E-state index contributed by atoms with van der Waals surface area (Å²) in [6, 6.07) is 11.3. The van der Waals surface area contributed by atoms with Gasteiger partial charge in [0.25, 0.3) is 0 Å². The molecule has 88 valence electrons. The summed E-state index contributed by atoms with van der Waals surface area (Å²) in [7, 11) is 1.64. The lowest BCUT2D eigenvalue weighted by Gasteiger charge is -2.05. The second-order valence-corrected chi connectivity index (χ2v) is 3.81. The summed E-state index contributed by atoms with van der Waals surface area (Å²) in [5, 5.41) is 0. The molecular formula is C14H14O3. The fourth-order valence-electron chi connectivity index (χ4n) is 1.70. The van der Waals surface area contributed by atoms with Gasteiger partial charge in [-0.3, -0.25) is 4.79 Å². The number of ether oxygens (including phenoxy) is 1. The van der Waals surface area contributed by atoms with E-state index < -0.39 is 0 Å². The highest BCUT2D eigenvalue weighted by Crippen LogP contribution is 2.22. The highest BCUT2D eigenvalue weighted by Gasteiger charge is 2.09. The van der Waals surface area contributed by atoms with Crippen LogP contribution in [-0.4, -0.2) is 12.9 Å². The lowest BCUT2D eigenvalue weighted by molar-refractivity contribution is 0.0985. The Kier molecular flexibility index (Phi) is 3.28. The average Bonchev–Trinajstić information content (AvgIpc) is 2.78. The Morgan fingerprint density at radius 3 is 2.65 bits per heavy atom. The fourth-order valence-corrected chi connectivity index (χ4v) is 1.70. The van der Waals surface area contributed by atoms with Gasteiger partial charge >= 0.3 is 0 Å². The van der Waals surface area contributed by atoms with Crippen molar-refractivity contribution in [2.45, 2.75) is 13.3 Å². The third-order valence-corrected chi connectivity index (χ3v) is 2.57. The molecule has 1 aromatic carbocycles. The number of carbonyl (C=O) groups excluding carboxylic acids is 1. The van der Waals surface area contributed by atoms with Gasteiger partial charge in [-0.2, -0.15) is 0 Å². The predicted molar refractivity (Wildman–Crippen MR) is 64.5 cm³/mol. The van der Waals surface area contributed by atoms with Crippen molar-refractivity contribution in [1.82, 2.24) is 0 Å². The topological polar surface area (TPSA) is 39.4 Å². The molecule has 3 nitrogen and oxygen atoms in total. The van der Waals surface area contributed by atoms with Crippen molar-refractivity contribution in [1.29, 1.82) is 0 Å². The third-order valence-electron chi connectivity index (χ3n) is 2.57. The number of hydrogen-bond donors (Lipinski definition) is 0. The van der Waals surface area contributed by atoms with E-state index in [0.717, 1.165) is 17.1 Å². The molecule has 0 radical (unpaired) electrons. The van der Waals surface area contributed by atoms with Crippen LogP contribution in [0.2, 0.25) is 0 Å². The van der Waals surface area contributed by atoms with E-state index in [1.165, 1.54) is 6.92 Å². The van der Waals surface area contributed by atoms with Gasteiger partial charge in [-0.25, -0.2) is 0 Å². The van der Waals surface area contributed by atoms with Crippen LogP contribution >= 0.6 is 0 Å². The molecular weight excluding hydrogens is 216 g/mol. The molecule has 1 aromatic heterocycles. The predicted octanol–water partition coefficient (Wildman–Crippen LogP) is 3.08. The van der Waals surface area contributed by atoms with Crippen LogP contribution < -0.4 is 4.74 Å². The van der Waals surface area contributed by atoms with E-state index in [0.29, 0.717) is 12.2 Å². The number of rotatable bonds is 4. The summed E-state index contributed by atoms with van der Waals surface area (Å²) in [4.78, 5) is 11.1. The molecule has 0 saturated carbocycles. The Balaban J connectivity index is 2.22. The van der Waals surface area contributed by atoms with Crippen LogP contribution in [0.5, 0.6) is 5.75 Å². The molecule has 2 aromatic rings. The van der Waals surface area contributed by atoms with Crippen molar-refractivity contribution in [2.24, 2.45) is 0 Å². The third kappa shape index (κ3) is 2.56. The highest BCUT2D eigenvalue weighted by molar-refractivity contribution is 5.91. The van der Waals surface area contributed by atoms with Crippen molar-refractivity contribution in [3.8, 4) is 5.75 Å². The molecule has 0 aliphatic carbocycles. The monoisotopic (exact) mass is 230 g/mol. The van der Waals surface area contributed by atoms with E-state index in [1.54, 1.807) is 13.2 Å². The van der Waals surface area contributed by atoms with Crippen LogP contribution in [0.4, 0.5) is 0 Å². The average molecular weight is 230 g/mol. The normalized spacial score (nSPS) is 10.2. The largest absolute Gasteiger partial charge is 0.496 e. The van der Waals surface area contributed by atoms with E-state index in [-0.39, 0.29) is 5.78 Å². The number of furan rings is 1. The van der Waals surface area contributed by atoms with Crippen molar-refractivity contribution < 1.29 is 13.9 Å². The molecule has 0 unspecified atom stereocenters. The van der Waals surface area contributed by atoms with Gasteiger partial charge in [0, 0.05) is 18.9 Å². The second-order valence-electron chi connectivity index (χ2n) is 3.81. The number of methoxy groups -OCH3 is 1. The molecule has 0 aliphatic heterocycles. The Morgan fingerprint density at radius 1 is 1.24 bits per heavy atom. The van der Waals surface area contributed by atoms with Crippen molar-refractivity contribution in [3.05, 3.63) is 53.5 Å². The summed E-state index contributed by atoms with van der Waals surface area (Å²) in [6.45, 7) is 1.49. The first-order chi connectivity index (χ1) is 8.20. The van der Waals surface area contributed by atoms with Crippen LogP contribution in [0.3, 0.4) is 0 Å². The van der Waals surface area contributed by atoms with E-state index in [4.69, 9.17) is 9.15 Å². The molecule has 2 rings (SSSR count). The van der Waals surface area contributed by atoms with E-state index in [1.807, 2.05) is 30.3 Å². The van der Waals surface area contributed by atoms with Crippen molar-refractivity contribution in [2.75, 3.05) is 7.11 Å². The zero-order valence-electron chi connectivity index (χ0n) is 9.90. The number of carbonyl (C=O) groups is 1. The van der Waals surface area contributed by atoms with Crippen LogP contribution in [-0.2, 0) is 6.42 Å². The van der Waals surface area contributed by atoms with Gasteiger partial charge in [0.2, 0.25) is 0 Å². The Morgan fingerprint density at radius 2 is 2.00 bits per heavy atom. The maximum Gasteiger partial charge on any atom is 0.194 e. The zero-order valence-corrected chi connectivity index (χ0v) is 9.90. The van der Waals surface area contributed by atoms with Gasteiger partial charge in [-0.15, -0.1) is 0 Å². The van der Waals surface area contributed by atoms with Gasteiger partial charge in [0.05, 0.1) is 7.11 Å². The number of benzene rings is 1. The Bertz CT molecular complexity index is 526. The highest BCUT2D eigenvalue weighted by atomic mass is 16.5. The fraction of sp³-hybridized carbons (Fsp3) is 0.214. The molecule has 0 aliphatic rings. The standard InChI is InChI=1S/C14H14O3/c1-10(15)13-8-7-12(17-13)9-11-5-3-4-6-14(11)16-2/h3-8H,9H2,1-2H3. The minimum atomic E-state index is -0.0590. The molecule has 0 amide bonds. The van der Waals surface area contributed by atoms with Gasteiger partial charge in [-0.1, -0.05) is 18.2 Å². The molecule has 17 heavy (non-hydrogen) atoms. The molecule has 0 fully saturated rings. The molecule has 0 atom stereocenters. The molecule has 0 N–H and O–H groups in total. The van der Waals surface area contributed by atoms with Gasteiger partial charge in [0.1, 0.15) is 11.5 Å². The Labute approximate surface area is 100 Å². The molecule has 1 heterocycles. The van der Waals surface area contributed by atoms with E-state index in [2.05, 4.69) is 0 Å². The van der Waals surface area contributed by atoms with Crippen molar-refractivity contribution in [3.63, 3.8) is 0 Å². The smallest absolute Gasteiger partial charge is 0.194 e. The maximum absolute atomic E-state index is 11.1. The van der Waals surface area contributed by atoms with Crippen LogP contribution in [0, 0.1) is 0 Å². The van der Waals surface area contributed by atoms with Gasteiger partial charge in [-0.05, 0) is 18.2 Å². The maximum atomic E-state index is 11.1. The summed E-state index contributed by atoms with van der Waals surface area (Å²) in [5.74, 6) is 1.93. The quantitative estimate of drug-likeness (QED) is 0.758. The Hall–Kier alpha value is -2.03. The summed E-state index contributed by atoms with van der Waals surface area (Å²) in [5.41, 5.74) is 1.04. The summed E-state index contributed by atoms with van der Waals surface area (Å²) in [6.07, 6.45) is 0.622. The SMILES string of the molecule is COc1ccccc1Cc1ccc(C(C)=O)o1.